The Morgan fingerprint density at radius 2 is 1.68 bits per heavy atom. The van der Waals surface area contributed by atoms with Crippen LogP contribution in [0.5, 0.6) is 0 Å². The monoisotopic (exact) mass is 421 g/mol. The molecule has 1 fully saturated rings. The zero-order valence-corrected chi connectivity index (χ0v) is 18.9. The van der Waals surface area contributed by atoms with Crippen LogP contribution in [-0.4, -0.2) is 40.8 Å². The van der Waals surface area contributed by atoms with Crippen molar-refractivity contribution in [3.05, 3.63) is 71.3 Å². The molecule has 0 N–H and O–H groups in total. The molecule has 1 aromatic heterocycles. The fraction of sp³-hybridized carbons (Fsp3) is 0.423. The third-order valence-corrected chi connectivity index (χ3v) is 6.37. The molecule has 164 valence electrons. The van der Waals surface area contributed by atoms with E-state index in [0.29, 0.717) is 12.0 Å². The number of piperidine rings is 1. The van der Waals surface area contributed by atoms with Crippen LogP contribution < -0.4 is 0 Å². The molecule has 0 saturated carbocycles. The van der Waals surface area contributed by atoms with Crippen molar-refractivity contribution in [1.29, 1.82) is 0 Å². The van der Waals surface area contributed by atoms with Gasteiger partial charge in [-0.1, -0.05) is 38.1 Å². The first-order chi connectivity index (χ1) is 15.0. The van der Waals surface area contributed by atoms with Gasteiger partial charge in [0.2, 0.25) is 0 Å². The molecule has 5 heteroatoms. The van der Waals surface area contributed by atoms with E-state index in [1.54, 1.807) is 7.11 Å². The van der Waals surface area contributed by atoms with E-state index in [2.05, 4.69) is 54.5 Å². The molecule has 2 aromatic carbocycles. The number of hydrogen-bond donors (Lipinski definition) is 0. The first-order valence-electron chi connectivity index (χ1n) is 11.2. The molecule has 3 aromatic rings. The number of imidazole rings is 1. The van der Waals surface area contributed by atoms with Gasteiger partial charge in [0, 0.05) is 43.7 Å². The smallest absolute Gasteiger partial charge is 0.145 e. The third-order valence-electron chi connectivity index (χ3n) is 6.37. The number of halogens is 1. The van der Waals surface area contributed by atoms with E-state index in [4.69, 9.17) is 9.72 Å². The van der Waals surface area contributed by atoms with E-state index in [-0.39, 0.29) is 5.82 Å². The van der Waals surface area contributed by atoms with Gasteiger partial charge in [-0.2, -0.15) is 0 Å². The largest absolute Gasteiger partial charge is 0.381 e. The van der Waals surface area contributed by atoms with Crippen LogP contribution in [-0.2, 0) is 11.3 Å². The lowest BCUT2D eigenvalue weighted by Gasteiger charge is -2.30. The fourth-order valence-corrected chi connectivity index (χ4v) is 4.33. The third kappa shape index (κ3) is 4.73. The van der Waals surface area contributed by atoms with Gasteiger partial charge in [0.15, 0.2) is 0 Å². The van der Waals surface area contributed by atoms with Gasteiger partial charge in [-0.05, 0) is 55.5 Å². The molecule has 0 atom stereocenters. The van der Waals surface area contributed by atoms with Crippen LogP contribution in [0.15, 0.2) is 48.5 Å². The number of aromatic nitrogens is 2. The van der Waals surface area contributed by atoms with E-state index >= 15 is 0 Å². The van der Waals surface area contributed by atoms with Crippen molar-refractivity contribution in [1.82, 2.24) is 14.5 Å². The highest BCUT2D eigenvalue weighted by Crippen LogP contribution is 2.29. The molecule has 1 saturated heterocycles. The molecule has 1 aliphatic heterocycles. The van der Waals surface area contributed by atoms with Gasteiger partial charge in [-0.15, -0.1) is 0 Å². The van der Waals surface area contributed by atoms with Crippen LogP contribution in [0.2, 0.25) is 0 Å². The highest BCUT2D eigenvalue weighted by atomic mass is 19.1. The Hall–Kier alpha value is -2.50. The molecule has 1 aliphatic rings. The Bertz CT molecular complexity index is 1000. The minimum atomic E-state index is -0.231. The first-order valence-corrected chi connectivity index (χ1v) is 11.2. The summed E-state index contributed by atoms with van der Waals surface area (Å²) in [5.74, 6) is 1.16. The summed E-state index contributed by atoms with van der Waals surface area (Å²) in [6.45, 7) is 9.35. The maximum atomic E-state index is 13.6. The lowest BCUT2D eigenvalue weighted by atomic mass is 10.0. The molecule has 0 unspecified atom stereocenters. The van der Waals surface area contributed by atoms with Gasteiger partial charge in [0.1, 0.15) is 11.6 Å². The summed E-state index contributed by atoms with van der Waals surface area (Å²) in [5.41, 5.74) is 5.48. The molecular formula is C26H32FN3O. The molecule has 0 spiro atoms. The predicted octanol–water partition coefficient (Wildman–Crippen LogP) is 5.72. The van der Waals surface area contributed by atoms with Crippen molar-refractivity contribution in [2.24, 2.45) is 0 Å². The summed E-state index contributed by atoms with van der Waals surface area (Å²) in [6.07, 6.45) is 2.47. The highest BCUT2D eigenvalue weighted by molar-refractivity contribution is 5.61. The van der Waals surface area contributed by atoms with Crippen LogP contribution in [0.3, 0.4) is 0 Å². The van der Waals surface area contributed by atoms with Crippen molar-refractivity contribution in [2.75, 3.05) is 20.2 Å². The van der Waals surface area contributed by atoms with Gasteiger partial charge < -0.3 is 4.74 Å². The number of hydrogen-bond acceptors (Lipinski definition) is 3. The number of methoxy groups -OCH3 is 1. The number of ether oxygens (including phenoxy) is 1. The maximum absolute atomic E-state index is 13.6. The average molecular weight is 422 g/mol. The SMILES string of the molecule is COC1CCN(Cc2nc(-c3ccc(C(C)C)cc3)n(-c3ccc(F)cc3)c2C)CC1. The van der Waals surface area contributed by atoms with E-state index < -0.39 is 0 Å². The Morgan fingerprint density at radius 3 is 2.26 bits per heavy atom. The van der Waals surface area contributed by atoms with E-state index in [1.165, 1.54) is 17.7 Å². The average Bonchev–Trinajstić information content (AvgIpc) is 3.11. The number of nitrogens with zero attached hydrogens (tertiary/aromatic N) is 3. The predicted molar refractivity (Wildman–Crippen MR) is 123 cm³/mol. The van der Waals surface area contributed by atoms with E-state index in [0.717, 1.165) is 60.9 Å². The van der Waals surface area contributed by atoms with Gasteiger partial charge >= 0.3 is 0 Å². The fourth-order valence-electron chi connectivity index (χ4n) is 4.33. The van der Waals surface area contributed by atoms with Crippen molar-refractivity contribution in [2.45, 2.75) is 52.2 Å². The molecule has 0 amide bonds. The molecule has 0 aliphatic carbocycles. The number of benzene rings is 2. The van der Waals surface area contributed by atoms with Crippen molar-refractivity contribution >= 4 is 0 Å². The summed E-state index contributed by atoms with van der Waals surface area (Å²) in [7, 11) is 1.80. The van der Waals surface area contributed by atoms with Crippen molar-refractivity contribution in [3.8, 4) is 17.1 Å². The van der Waals surface area contributed by atoms with Crippen LogP contribution in [0, 0.1) is 12.7 Å². The Kier molecular flexibility index (Phi) is 6.54. The van der Waals surface area contributed by atoms with E-state index in [9.17, 15) is 4.39 Å². The normalized spacial score (nSPS) is 15.7. The van der Waals surface area contributed by atoms with Crippen LogP contribution in [0.25, 0.3) is 17.1 Å². The number of likely N-dealkylation sites (tertiary alicyclic amines) is 1. The lowest BCUT2D eigenvalue weighted by molar-refractivity contribution is 0.0385. The zero-order valence-electron chi connectivity index (χ0n) is 18.9. The zero-order chi connectivity index (χ0) is 22.0. The van der Waals surface area contributed by atoms with Gasteiger partial charge in [-0.3, -0.25) is 9.47 Å². The minimum absolute atomic E-state index is 0.231. The van der Waals surface area contributed by atoms with Gasteiger partial charge in [0.05, 0.1) is 11.8 Å². The van der Waals surface area contributed by atoms with E-state index in [1.807, 2.05) is 12.1 Å². The van der Waals surface area contributed by atoms with Crippen LogP contribution >= 0.6 is 0 Å². The first kappa shape index (κ1) is 21.7. The summed E-state index contributed by atoms with van der Waals surface area (Å²) in [4.78, 5) is 7.53. The molecule has 2 heterocycles. The lowest BCUT2D eigenvalue weighted by Crippen LogP contribution is -2.36. The Labute approximate surface area is 184 Å². The van der Waals surface area contributed by atoms with Crippen molar-refractivity contribution < 1.29 is 9.13 Å². The van der Waals surface area contributed by atoms with Crippen molar-refractivity contribution in [3.63, 3.8) is 0 Å². The standard InChI is InChI=1S/C26H32FN3O/c1-18(2)20-5-7-21(8-6-20)26-28-25(17-29-15-13-24(31-4)14-16-29)19(3)30(26)23-11-9-22(27)10-12-23/h5-12,18,24H,13-17H2,1-4H3. The molecule has 0 radical (unpaired) electrons. The minimum Gasteiger partial charge on any atom is -0.381 e. The molecule has 0 bridgehead atoms. The molecular weight excluding hydrogens is 389 g/mol. The molecule has 4 nitrogen and oxygen atoms in total. The summed E-state index contributed by atoms with van der Waals surface area (Å²) >= 11 is 0. The number of rotatable bonds is 6. The maximum Gasteiger partial charge on any atom is 0.145 e. The van der Waals surface area contributed by atoms with Gasteiger partial charge in [-0.25, -0.2) is 9.37 Å². The summed E-state index contributed by atoms with van der Waals surface area (Å²) < 4.78 is 21.2. The molecule has 4 rings (SSSR count). The second kappa shape index (κ2) is 9.33. The van der Waals surface area contributed by atoms with Crippen LogP contribution in [0.1, 0.15) is 49.6 Å². The van der Waals surface area contributed by atoms with Gasteiger partial charge in [0.25, 0.3) is 0 Å². The second-order valence-corrected chi connectivity index (χ2v) is 8.77. The second-order valence-electron chi connectivity index (χ2n) is 8.77. The topological polar surface area (TPSA) is 30.3 Å². The van der Waals surface area contributed by atoms with Crippen LogP contribution in [0.4, 0.5) is 4.39 Å². The Morgan fingerprint density at radius 1 is 1.03 bits per heavy atom. The highest BCUT2D eigenvalue weighted by Gasteiger charge is 2.23. The summed E-state index contributed by atoms with van der Waals surface area (Å²) in [5, 5.41) is 0. The molecule has 31 heavy (non-hydrogen) atoms. The quantitative estimate of drug-likeness (QED) is 0.510. The summed E-state index contributed by atoms with van der Waals surface area (Å²) in [6, 6.07) is 15.3. The Balaban J connectivity index is 1.70.